The first-order chi connectivity index (χ1) is 12.9. The van der Waals surface area contributed by atoms with Crippen LogP contribution in [-0.4, -0.2) is 49.9 Å². The molecule has 30 heavy (non-hydrogen) atoms. The number of carbonyl (C=O) groups is 1. The largest absolute Gasteiger partial charge is 0.348 e. The number of thiazole rings is 1. The maximum atomic E-state index is 13.4. The Morgan fingerprint density at radius 3 is 2.60 bits per heavy atom. The Bertz CT molecular complexity index is 1030. The van der Waals surface area contributed by atoms with Crippen LogP contribution in [0.3, 0.4) is 0 Å². The number of amides is 1. The summed E-state index contributed by atoms with van der Waals surface area (Å²) in [6, 6.07) is 1.10. The lowest BCUT2D eigenvalue weighted by molar-refractivity contribution is 0.0604. The van der Waals surface area contributed by atoms with Gasteiger partial charge in [0.15, 0.2) is 11.3 Å². The van der Waals surface area contributed by atoms with Crippen molar-refractivity contribution >= 4 is 70.8 Å². The van der Waals surface area contributed by atoms with Crippen LogP contribution in [0.25, 0.3) is 10.3 Å². The Balaban J connectivity index is 0.00000150. The number of rotatable bonds is 4. The highest BCUT2D eigenvalue weighted by Crippen LogP contribution is 2.27. The minimum absolute atomic E-state index is 0. The van der Waals surface area contributed by atoms with Crippen LogP contribution in [0.1, 0.15) is 34.0 Å². The van der Waals surface area contributed by atoms with E-state index in [4.69, 9.17) is 5.73 Å². The van der Waals surface area contributed by atoms with Gasteiger partial charge in [0.1, 0.15) is 10.5 Å². The minimum atomic E-state index is -0.419. The van der Waals surface area contributed by atoms with Crippen LogP contribution < -0.4 is 11.1 Å². The molecule has 1 amide bonds. The van der Waals surface area contributed by atoms with Crippen molar-refractivity contribution in [2.45, 2.75) is 25.9 Å². The average Bonchev–Trinajstić information content (AvgIpc) is 2.97. The molecule has 3 aromatic rings. The van der Waals surface area contributed by atoms with Crippen molar-refractivity contribution in [2.75, 3.05) is 18.4 Å². The number of hydrogen-bond donors (Lipinski definition) is 2. The van der Waals surface area contributed by atoms with E-state index in [1.165, 1.54) is 17.4 Å². The number of hydrogen-bond acceptors (Lipinski definition) is 8. The van der Waals surface area contributed by atoms with Gasteiger partial charge in [0.2, 0.25) is 5.95 Å². The number of likely N-dealkylation sites (tertiary alicyclic amines) is 1. The molecule has 3 aromatic heterocycles. The number of carbonyl (C=O) groups excluding carboxylic acids is 1. The fourth-order valence-corrected chi connectivity index (χ4v) is 3.75. The first kappa shape index (κ1) is 26.2. The summed E-state index contributed by atoms with van der Waals surface area (Å²) in [6.07, 6.45) is 2.71. The number of aryl methyl sites for hydroxylation is 1. The number of pyridine rings is 1. The predicted molar refractivity (Wildman–Crippen MR) is 122 cm³/mol. The van der Waals surface area contributed by atoms with E-state index >= 15 is 0 Å². The van der Waals surface area contributed by atoms with E-state index in [0.29, 0.717) is 34.7 Å². The number of aromatic nitrogens is 4. The van der Waals surface area contributed by atoms with Crippen molar-refractivity contribution in [3.8, 4) is 0 Å². The van der Waals surface area contributed by atoms with Gasteiger partial charge in [0.25, 0.3) is 5.91 Å². The molecule has 1 aliphatic heterocycles. The highest BCUT2D eigenvalue weighted by molar-refractivity contribution is 7.18. The van der Waals surface area contributed by atoms with Crippen LogP contribution in [-0.2, 0) is 0 Å². The summed E-state index contributed by atoms with van der Waals surface area (Å²) < 4.78 is 14.1. The summed E-state index contributed by atoms with van der Waals surface area (Å²) in [5.74, 6) is -0.341. The first-order valence-electron chi connectivity index (χ1n) is 8.47. The van der Waals surface area contributed by atoms with Gasteiger partial charge in [-0.1, -0.05) is 0 Å². The van der Waals surface area contributed by atoms with Crippen LogP contribution in [0.5, 0.6) is 0 Å². The van der Waals surface area contributed by atoms with Gasteiger partial charge in [-0.05, 0) is 25.5 Å². The predicted octanol–water partition coefficient (Wildman–Crippen LogP) is 3.15. The second kappa shape index (κ2) is 10.5. The molecule has 0 aromatic carbocycles. The lowest BCUT2D eigenvalue weighted by Crippen LogP contribution is -2.58. The number of anilines is 1. The first-order valence-corrected chi connectivity index (χ1v) is 9.29. The van der Waals surface area contributed by atoms with Gasteiger partial charge in [-0.2, -0.15) is 4.98 Å². The molecule has 0 saturated carbocycles. The summed E-state index contributed by atoms with van der Waals surface area (Å²) in [5, 5.41) is 3.91. The lowest BCUT2D eigenvalue weighted by Gasteiger charge is -2.36. The highest BCUT2D eigenvalue weighted by atomic mass is 35.5. The summed E-state index contributed by atoms with van der Waals surface area (Å²) in [5.41, 5.74) is 7.21. The fraction of sp³-hybridized carbons (Fsp3) is 0.353. The Labute approximate surface area is 195 Å². The third-order valence-electron chi connectivity index (χ3n) is 4.33. The van der Waals surface area contributed by atoms with Gasteiger partial charge in [-0.3, -0.25) is 9.78 Å². The van der Waals surface area contributed by atoms with E-state index in [1.807, 2.05) is 13.8 Å². The second-order valence-corrected chi connectivity index (χ2v) is 7.76. The molecule has 0 bridgehead atoms. The maximum Gasteiger partial charge on any atom is 0.274 e. The van der Waals surface area contributed by atoms with Gasteiger partial charge < -0.3 is 16.0 Å². The van der Waals surface area contributed by atoms with Crippen LogP contribution >= 0.6 is 48.6 Å². The van der Waals surface area contributed by atoms with E-state index < -0.39 is 5.82 Å². The van der Waals surface area contributed by atoms with E-state index in [0.717, 1.165) is 11.2 Å². The molecule has 0 spiro atoms. The third-order valence-corrected chi connectivity index (χ3v) is 5.30. The molecule has 164 valence electrons. The quantitative estimate of drug-likeness (QED) is 0.571. The lowest BCUT2D eigenvalue weighted by atomic mass is 10.1. The minimum Gasteiger partial charge on any atom is -0.348 e. The Kier molecular flexibility index (Phi) is 9.12. The van der Waals surface area contributed by atoms with Crippen LogP contribution in [0, 0.1) is 12.7 Å². The van der Waals surface area contributed by atoms with E-state index in [9.17, 15) is 9.18 Å². The number of halogens is 4. The Morgan fingerprint density at radius 1 is 1.27 bits per heavy atom. The van der Waals surface area contributed by atoms with Gasteiger partial charge in [-0.25, -0.2) is 14.4 Å². The van der Waals surface area contributed by atoms with Crippen molar-refractivity contribution in [1.82, 2.24) is 24.8 Å². The van der Waals surface area contributed by atoms with Crippen LogP contribution in [0.15, 0.2) is 18.5 Å². The molecule has 1 aliphatic rings. The van der Waals surface area contributed by atoms with Crippen molar-refractivity contribution < 1.29 is 9.18 Å². The smallest absolute Gasteiger partial charge is 0.274 e. The number of nitrogens with zero attached hydrogens (tertiary/aromatic N) is 5. The molecule has 4 rings (SSSR count). The van der Waals surface area contributed by atoms with E-state index in [2.05, 4.69) is 25.3 Å². The van der Waals surface area contributed by atoms with Crippen LogP contribution in [0.4, 0.5) is 10.3 Å². The van der Waals surface area contributed by atoms with Gasteiger partial charge >= 0.3 is 0 Å². The van der Waals surface area contributed by atoms with Gasteiger partial charge in [-0.15, -0.1) is 48.6 Å². The molecule has 1 saturated heterocycles. The molecule has 13 heteroatoms. The molecular weight excluding hydrogens is 476 g/mol. The van der Waals surface area contributed by atoms with Gasteiger partial charge in [0, 0.05) is 25.3 Å². The van der Waals surface area contributed by atoms with Gasteiger partial charge in [0.05, 0.1) is 17.2 Å². The maximum absolute atomic E-state index is 13.4. The average molecular weight is 497 g/mol. The van der Waals surface area contributed by atoms with Crippen molar-refractivity contribution in [1.29, 1.82) is 0 Å². The highest BCUT2D eigenvalue weighted by Gasteiger charge is 2.31. The fourth-order valence-electron chi connectivity index (χ4n) is 2.91. The Morgan fingerprint density at radius 2 is 1.97 bits per heavy atom. The second-order valence-electron chi connectivity index (χ2n) is 6.55. The summed E-state index contributed by atoms with van der Waals surface area (Å²) in [6.45, 7) is 4.72. The molecule has 0 radical (unpaired) electrons. The Hall–Kier alpha value is -1.85. The van der Waals surface area contributed by atoms with Crippen LogP contribution in [0.2, 0.25) is 0 Å². The molecule has 1 unspecified atom stereocenters. The molecule has 1 atom stereocenters. The van der Waals surface area contributed by atoms with E-state index in [-0.39, 0.29) is 61.2 Å². The normalized spacial score (nSPS) is 14.1. The standard InChI is InChI=1S/C17H18FN7OS.3ClH/c1-8(10-3-11(18)5-20-4-10)21-17-23-13(16(26)25-6-12(19)7-25)14-15(24-17)22-9(2)27-14;;;/h3-5,8,12H,6-7,19H2,1-2H3,(H,21,23,24);3*1H. The van der Waals surface area contributed by atoms with Crippen molar-refractivity contribution in [2.24, 2.45) is 5.73 Å². The zero-order valence-electron chi connectivity index (χ0n) is 16.0. The molecule has 1 fully saturated rings. The zero-order valence-corrected chi connectivity index (χ0v) is 19.3. The molecular formula is C17H21Cl3FN7OS. The molecule has 0 aliphatic carbocycles. The topological polar surface area (TPSA) is 110 Å². The summed E-state index contributed by atoms with van der Waals surface area (Å²) in [7, 11) is 0. The SMILES string of the molecule is Cc1nc2nc(NC(C)c3cncc(F)c3)nc(C(=O)N3CC(N)C3)c2s1.Cl.Cl.Cl. The summed E-state index contributed by atoms with van der Waals surface area (Å²) >= 11 is 1.38. The number of fused-ring (bicyclic) bond motifs is 1. The molecule has 3 N–H and O–H groups in total. The van der Waals surface area contributed by atoms with Crippen molar-refractivity contribution in [3.05, 3.63) is 40.5 Å². The zero-order chi connectivity index (χ0) is 19.1. The molecule has 8 nitrogen and oxygen atoms in total. The molecule has 4 heterocycles. The monoisotopic (exact) mass is 495 g/mol. The van der Waals surface area contributed by atoms with E-state index in [1.54, 1.807) is 11.1 Å². The summed E-state index contributed by atoms with van der Waals surface area (Å²) in [4.78, 5) is 31.6. The number of nitrogens with two attached hydrogens (primary N) is 1. The third kappa shape index (κ3) is 5.25. The van der Waals surface area contributed by atoms with Crippen molar-refractivity contribution in [3.63, 3.8) is 0 Å². The number of nitrogens with one attached hydrogen (secondary N) is 1.